The summed E-state index contributed by atoms with van der Waals surface area (Å²) in [7, 11) is 1.60. The van der Waals surface area contributed by atoms with Gasteiger partial charge in [0.1, 0.15) is 17.2 Å². The monoisotopic (exact) mass is 427 g/mol. The first-order chi connectivity index (χ1) is 14.9. The minimum atomic E-state index is -0.682. The molecule has 1 atom stereocenters. The van der Waals surface area contributed by atoms with Gasteiger partial charge in [-0.3, -0.25) is 4.79 Å². The molecule has 0 bridgehead atoms. The predicted molar refractivity (Wildman–Crippen MR) is 115 cm³/mol. The summed E-state index contributed by atoms with van der Waals surface area (Å²) in [4.78, 5) is 31.7. The molecular weight excluding hydrogens is 398 g/mol. The number of aromatic nitrogens is 2. The van der Waals surface area contributed by atoms with Crippen LogP contribution in [0.3, 0.4) is 0 Å². The highest BCUT2D eigenvalue weighted by Crippen LogP contribution is 2.40. The lowest BCUT2D eigenvalue weighted by Gasteiger charge is -2.45. The van der Waals surface area contributed by atoms with Crippen LogP contribution in [-0.4, -0.2) is 58.7 Å². The maximum Gasteiger partial charge on any atom is 0.317 e. The summed E-state index contributed by atoms with van der Waals surface area (Å²) < 4.78 is 13.6. The van der Waals surface area contributed by atoms with Crippen LogP contribution in [0.15, 0.2) is 36.7 Å². The van der Waals surface area contributed by atoms with Gasteiger partial charge in [-0.2, -0.15) is 0 Å². The van der Waals surface area contributed by atoms with Crippen molar-refractivity contribution in [3.8, 4) is 5.75 Å². The molecule has 1 unspecified atom stereocenters. The van der Waals surface area contributed by atoms with E-state index in [1.54, 1.807) is 42.5 Å². The number of amides is 3. The minimum Gasteiger partial charge on any atom is -0.497 e. The highest BCUT2D eigenvalue weighted by molar-refractivity contribution is 5.94. The quantitative estimate of drug-likeness (QED) is 0.781. The maximum atomic E-state index is 13.0. The second-order valence-electron chi connectivity index (χ2n) is 8.31. The molecule has 9 heteroatoms. The Hall–Kier alpha value is -3.07. The topological polar surface area (TPSA) is 97.7 Å². The number of nitrogens with zero attached hydrogens (tertiary/aromatic N) is 3. The van der Waals surface area contributed by atoms with Gasteiger partial charge in [0.2, 0.25) is 0 Å². The van der Waals surface area contributed by atoms with Crippen LogP contribution < -0.4 is 15.4 Å². The van der Waals surface area contributed by atoms with Crippen LogP contribution in [0.2, 0.25) is 0 Å². The summed E-state index contributed by atoms with van der Waals surface area (Å²) in [5, 5.41) is 5.86. The molecule has 2 aromatic rings. The summed E-state index contributed by atoms with van der Waals surface area (Å²) >= 11 is 0. The molecule has 166 valence electrons. The Morgan fingerprint density at radius 1 is 1.23 bits per heavy atom. The van der Waals surface area contributed by atoms with Gasteiger partial charge in [0.25, 0.3) is 5.91 Å². The molecule has 2 aliphatic heterocycles. The van der Waals surface area contributed by atoms with Crippen LogP contribution in [-0.2, 0) is 21.7 Å². The third kappa shape index (κ3) is 4.36. The van der Waals surface area contributed by atoms with Crippen molar-refractivity contribution >= 4 is 17.6 Å². The van der Waals surface area contributed by atoms with E-state index in [1.165, 1.54) is 0 Å². The van der Waals surface area contributed by atoms with Crippen LogP contribution in [0, 0.1) is 0 Å². The van der Waals surface area contributed by atoms with Crippen LogP contribution in [0.5, 0.6) is 5.75 Å². The van der Waals surface area contributed by atoms with Crippen molar-refractivity contribution in [3.05, 3.63) is 42.5 Å². The van der Waals surface area contributed by atoms with Crippen molar-refractivity contribution in [1.29, 1.82) is 0 Å². The lowest BCUT2D eigenvalue weighted by atomic mass is 9.88. The number of hydrogen-bond donors (Lipinski definition) is 2. The van der Waals surface area contributed by atoms with E-state index >= 15 is 0 Å². The molecule has 31 heavy (non-hydrogen) atoms. The number of nitrogens with one attached hydrogen (secondary N) is 2. The third-order valence-electron chi connectivity index (χ3n) is 5.77. The Labute approximate surface area is 181 Å². The zero-order chi connectivity index (χ0) is 22.0. The van der Waals surface area contributed by atoms with Gasteiger partial charge in [-0.05, 0) is 38.1 Å². The van der Waals surface area contributed by atoms with E-state index in [1.807, 2.05) is 24.6 Å². The number of imidazole rings is 1. The molecule has 3 amide bonds. The number of anilines is 1. The highest BCUT2D eigenvalue weighted by atomic mass is 16.5. The Balaban J connectivity index is 1.47. The summed E-state index contributed by atoms with van der Waals surface area (Å²) in [6, 6.07) is 7.19. The zero-order valence-corrected chi connectivity index (χ0v) is 18.1. The Morgan fingerprint density at radius 2 is 1.94 bits per heavy atom. The molecule has 0 radical (unpaired) electrons. The van der Waals surface area contributed by atoms with Crippen molar-refractivity contribution in [3.63, 3.8) is 0 Å². The van der Waals surface area contributed by atoms with E-state index in [0.717, 1.165) is 11.6 Å². The molecule has 1 fully saturated rings. The van der Waals surface area contributed by atoms with E-state index in [-0.39, 0.29) is 18.0 Å². The predicted octanol–water partition coefficient (Wildman–Crippen LogP) is 2.34. The molecule has 0 saturated carbocycles. The molecule has 1 aromatic heterocycles. The van der Waals surface area contributed by atoms with Crippen LogP contribution >= 0.6 is 0 Å². The number of fused-ring (bicyclic) bond motifs is 2. The number of hydrogen-bond acceptors (Lipinski definition) is 5. The molecule has 4 rings (SSSR count). The lowest BCUT2D eigenvalue weighted by molar-refractivity contribution is -0.167. The molecule has 2 N–H and O–H groups in total. The number of urea groups is 1. The van der Waals surface area contributed by atoms with Crippen LogP contribution in [0.1, 0.15) is 32.5 Å². The minimum absolute atomic E-state index is 0.0715. The molecule has 9 nitrogen and oxygen atoms in total. The largest absolute Gasteiger partial charge is 0.497 e. The van der Waals surface area contributed by atoms with E-state index in [0.29, 0.717) is 38.2 Å². The molecule has 1 saturated heterocycles. The molecular formula is C22H29N5O4. The Morgan fingerprint density at radius 3 is 2.58 bits per heavy atom. The van der Waals surface area contributed by atoms with Gasteiger partial charge < -0.3 is 29.6 Å². The number of rotatable bonds is 4. The maximum absolute atomic E-state index is 13.0. The lowest BCUT2D eigenvalue weighted by Crippen LogP contribution is -2.55. The fraction of sp³-hybridized carbons (Fsp3) is 0.500. The van der Waals surface area contributed by atoms with Gasteiger partial charge in [0, 0.05) is 50.1 Å². The van der Waals surface area contributed by atoms with E-state index in [9.17, 15) is 9.59 Å². The number of methoxy groups -OCH3 is 1. The molecule has 1 aromatic carbocycles. The molecule has 2 aliphatic rings. The van der Waals surface area contributed by atoms with Gasteiger partial charge in [0.15, 0.2) is 6.10 Å². The fourth-order valence-corrected chi connectivity index (χ4v) is 4.18. The van der Waals surface area contributed by atoms with Gasteiger partial charge in [0.05, 0.1) is 13.7 Å². The number of carbonyl (C=O) groups is 2. The summed E-state index contributed by atoms with van der Waals surface area (Å²) in [6.07, 6.45) is 4.14. The molecule has 3 heterocycles. The second kappa shape index (κ2) is 8.58. The van der Waals surface area contributed by atoms with Gasteiger partial charge in [-0.1, -0.05) is 0 Å². The van der Waals surface area contributed by atoms with E-state index < -0.39 is 11.7 Å². The summed E-state index contributed by atoms with van der Waals surface area (Å²) in [5.41, 5.74) is -0.00166. The zero-order valence-electron chi connectivity index (χ0n) is 18.1. The number of benzene rings is 1. The van der Waals surface area contributed by atoms with Crippen molar-refractivity contribution in [2.45, 2.75) is 51.0 Å². The number of ether oxygens (including phenoxy) is 2. The SMILES string of the molecule is COc1ccc(NC(=O)C2Cn3ccnc3C3(CCN(C(=O)NC(C)C)CC3)O2)cc1. The third-order valence-corrected chi connectivity index (χ3v) is 5.77. The van der Waals surface area contributed by atoms with Gasteiger partial charge in [-0.15, -0.1) is 0 Å². The van der Waals surface area contributed by atoms with Crippen molar-refractivity contribution in [1.82, 2.24) is 19.8 Å². The number of piperidine rings is 1. The fourth-order valence-electron chi connectivity index (χ4n) is 4.18. The standard InChI is InChI=1S/C22H29N5O4/c1-15(2)24-21(29)26-11-8-22(9-12-26)20-23-10-13-27(20)14-18(31-22)19(28)25-16-4-6-17(30-3)7-5-16/h4-7,10,13,15,18H,8-9,11-12,14H2,1-3H3,(H,24,29)(H,25,28). The second-order valence-corrected chi connectivity index (χ2v) is 8.31. The number of likely N-dealkylation sites (tertiary alicyclic amines) is 1. The Bertz CT molecular complexity index is 932. The first-order valence-electron chi connectivity index (χ1n) is 10.6. The van der Waals surface area contributed by atoms with Gasteiger partial charge >= 0.3 is 6.03 Å². The smallest absolute Gasteiger partial charge is 0.317 e. The summed E-state index contributed by atoms with van der Waals surface area (Å²) in [6.45, 7) is 5.36. The first-order valence-corrected chi connectivity index (χ1v) is 10.6. The Kier molecular flexibility index (Phi) is 5.86. The highest BCUT2D eigenvalue weighted by Gasteiger charge is 2.47. The number of carbonyl (C=O) groups excluding carboxylic acids is 2. The molecule has 0 aliphatic carbocycles. The summed E-state index contributed by atoms with van der Waals surface area (Å²) in [5.74, 6) is 1.34. The van der Waals surface area contributed by atoms with E-state index in [4.69, 9.17) is 9.47 Å². The van der Waals surface area contributed by atoms with Crippen molar-refractivity contribution in [2.24, 2.45) is 0 Å². The first kappa shape index (κ1) is 21.2. The van der Waals surface area contributed by atoms with Crippen LogP contribution in [0.25, 0.3) is 0 Å². The van der Waals surface area contributed by atoms with Crippen molar-refractivity contribution < 1.29 is 19.1 Å². The normalized spacial score (nSPS) is 19.7. The average molecular weight is 428 g/mol. The molecule has 1 spiro atoms. The van der Waals surface area contributed by atoms with Crippen LogP contribution in [0.4, 0.5) is 10.5 Å². The van der Waals surface area contributed by atoms with Gasteiger partial charge in [-0.25, -0.2) is 9.78 Å². The van der Waals surface area contributed by atoms with Crippen molar-refractivity contribution in [2.75, 3.05) is 25.5 Å². The van der Waals surface area contributed by atoms with E-state index in [2.05, 4.69) is 15.6 Å². The average Bonchev–Trinajstić information content (AvgIpc) is 3.24.